The summed E-state index contributed by atoms with van der Waals surface area (Å²) in [5, 5.41) is 35.0. The van der Waals surface area contributed by atoms with Crippen LogP contribution in [0.2, 0.25) is 0 Å². The highest BCUT2D eigenvalue weighted by atomic mass is 32.2. The first-order valence-electron chi connectivity index (χ1n) is 10.4. The second-order valence-electron chi connectivity index (χ2n) is 6.75. The van der Waals surface area contributed by atoms with Crippen LogP contribution in [0.5, 0.6) is 0 Å². The number of esters is 1. The van der Waals surface area contributed by atoms with Crippen LogP contribution in [0.4, 0.5) is 0 Å². The molecule has 176 valence electrons. The van der Waals surface area contributed by atoms with Crippen molar-refractivity contribution < 1.29 is 19.1 Å². The van der Waals surface area contributed by atoms with E-state index in [0.717, 1.165) is 11.8 Å². The number of carbonyl (C=O) groups is 3. The van der Waals surface area contributed by atoms with E-state index >= 15 is 0 Å². The third-order valence-electron chi connectivity index (χ3n) is 4.46. The average molecular weight is 481 g/mol. The van der Waals surface area contributed by atoms with Gasteiger partial charge in [-0.3, -0.25) is 9.59 Å². The van der Waals surface area contributed by atoms with E-state index in [2.05, 4.69) is 0 Å². The van der Waals surface area contributed by atoms with Crippen molar-refractivity contribution in [2.24, 2.45) is 0 Å². The topological polar surface area (TPSA) is 162 Å². The molecule has 0 spiro atoms. The molecular weight excluding hydrogens is 456 g/mol. The summed E-state index contributed by atoms with van der Waals surface area (Å²) in [6.45, 7) is 0.174. The molecule has 0 unspecified atom stereocenters. The molecule has 0 aliphatic rings. The van der Waals surface area contributed by atoms with E-state index in [4.69, 9.17) is 25.8 Å². The molecule has 2 amide bonds. The molecule has 1 rings (SSSR count). The summed E-state index contributed by atoms with van der Waals surface area (Å²) in [5.74, 6) is -1.52. The fourth-order valence-corrected chi connectivity index (χ4v) is 3.69. The number of hydrogen-bond donors (Lipinski definition) is 0. The molecule has 0 atom stereocenters. The van der Waals surface area contributed by atoms with Crippen molar-refractivity contribution in [3.63, 3.8) is 0 Å². The fourth-order valence-electron chi connectivity index (χ4n) is 2.75. The Morgan fingerprint density at radius 2 is 1.24 bits per heavy atom. The number of amides is 2. The summed E-state index contributed by atoms with van der Waals surface area (Å²) in [6, 6.07) is 14.3. The number of benzene rings is 1. The number of ether oxygens (including phenoxy) is 1. The first kappa shape index (κ1) is 28.0. The predicted molar refractivity (Wildman–Crippen MR) is 122 cm³/mol. The van der Waals surface area contributed by atoms with Crippen LogP contribution < -0.4 is 0 Å². The van der Waals surface area contributed by atoms with Gasteiger partial charge in [0.25, 0.3) is 5.91 Å². The van der Waals surface area contributed by atoms with Gasteiger partial charge in [-0.25, -0.2) is 4.79 Å². The molecule has 10 nitrogen and oxygen atoms in total. The minimum atomic E-state index is -0.741. The highest BCUT2D eigenvalue weighted by Crippen LogP contribution is 2.24. The van der Waals surface area contributed by atoms with E-state index in [1.54, 1.807) is 18.2 Å². The van der Waals surface area contributed by atoms with Gasteiger partial charge in [-0.2, -0.15) is 21.0 Å². The van der Waals surface area contributed by atoms with Gasteiger partial charge in [0.1, 0.15) is 0 Å². The molecule has 1 aromatic carbocycles. The third-order valence-corrected chi connectivity index (χ3v) is 5.52. The number of carbonyl (C=O) groups excluding carboxylic acids is 3. The van der Waals surface area contributed by atoms with Crippen LogP contribution in [0, 0.1) is 45.3 Å². The van der Waals surface area contributed by atoms with Crippen LogP contribution in [-0.2, 0) is 14.3 Å². The van der Waals surface area contributed by atoms with Crippen LogP contribution in [0.1, 0.15) is 36.0 Å². The maximum atomic E-state index is 12.6. The van der Waals surface area contributed by atoms with Crippen molar-refractivity contribution in [1.29, 1.82) is 21.0 Å². The van der Waals surface area contributed by atoms with Gasteiger partial charge in [-0.1, -0.05) is 12.1 Å². The van der Waals surface area contributed by atoms with Crippen LogP contribution in [-0.4, -0.2) is 66.1 Å². The van der Waals surface area contributed by atoms with Crippen LogP contribution in [0.15, 0.2) is 29.2 Å². The SMILES string of the molecule is N#CCCN(CCC#N)C(=O)COC(=O)c1ccccc1SCC(=O)N(CCC#N)CCC#N. The molecule has 0 N–H and O–H groups in total. The smallest absolute Gasteiger partial charge is 0.339 e. The number of rotatable bonds is 14. The van der Waals surface area contributed by atoms with E-state index in [1.165, 1.54) is 15.9 Å². The molecule has 0 saturated carbocycles. The van der Waals surface area contributed by atoms with Crippen molar-refractivity contribution in [1.82, 2.24) is 9.80 Å². The molecule has 0 heterocycles. The lowest BCUT2D eigenvalue weighted by molar-refractivity contribution is -0.134. The lowest BCUT2D eigenvalue weighted by atomic mass is 10.2. The number of thioether (sulfide) groups is 1. The van der Waals surface area contributed by atoms with Gasteiger partial charge < -0.3 is 14.5 Å². The Balaban J connectivity index is 2.77. The molecule has 0 bridgehead atoms. The van der Waals surface area contributed by atoms with E-state index in [-0.39, 0.29) is 69.1 Å². The van der Waals surface area contributed by atoms with Gasteiger partial charge in [0, 0.05) is 31.1 Å². The summed E-state index contributed by atoms with van der Waals surface area (Å²) in [4.78, 5) is 40.7. The van der Waals surface area contributed by atoms with Crippen LogP contribution in [0.25, 0.3) is 0 Å². The number of hydrogen-bond acceptors (Lipinski definition) is 9. The Bertz CT molecular complexity index is 982. The van der Waals surface area contributed by atoms with Crippen molar-refractivity contribution in [2.45, 2.75) is 30.6 Å². The van der Waals surface area contributed by atoms with E-state index in [9.17, 15) is 14.4 Å². The van der Waals surface area contributed by atoms with Gasteiger partial charge in [-0.15, -0.1) is 11.8 Å². The van der Waals surface area contributed by atoms with Crippen molar-refractivity contribution in [2.75, 3.05) is 38.5 Å². The predicted octanol–water partition coefficient (Wildman–Crippen LogP) is 2.25. The Hall–Kier alpha value is -4.06. The van der Waals surface area contributed by atoms with E-state index in [1.807, 2.05) is 24.3 Å². The van der Waals surface area contributed by atoms with Gasteiger partial charge in [0.2, 0.25) is 5.91 Å². The van der Waals surface area contributed by atoms with Crippen molar-refractivity contribution in [3.8, 4) is 24.3 Å². The second-order valence-corrected chi connectivity index (χ2v) is 7.77. The Morgan fingerprint density at radius 3 is 1.74 bits per heavy atom. The summed E-state index contributed by atoms with van der Waals surface area (Å²) in [6.07, 6.45) is 0.494. The third kappa shape index (κ3) is 10.0. The highest BCUT2D eigenvalue weighted by Gasteiger charge is 2.20. The summed E-state index contributed by atoms with van der Waals surface area (Å²) in [7, 11) is 0. The lowest BCUT2D eigenvalue weighted by Gasteiger charge is -2.21. The largest absolute Gasteiger partial charge is 0.452 e. The summed E-state index contributed by atoms with van der Waals surface area (Å²) < 4.78 is 5.16. The number of nitriles is 4. The van der Waals surface area contributed by atoms with Gasteiger partial charge in [-0.05, 0) is 12.1 Å². The monoisotopic (exact) mass is 480 g/mol. The molecular formula is C23H24N6O4S. The molecule has 0 aromatic heterocycles. The van der Waals surface area contributed by atoms with E-state index in [0.29, 0.717) is 4.90 Å². The zero-order chi connectivity index (χ0) is 25.2. The Kier molecular flexibility index (Phi) is 13.6. The minimum absolute atomic E-state index is 0.00379. The first-order chi connectivity index (χ1) is 16.5. The van der Waals surface area contributed by atoms with Crippen LogP contribution in [0.3, 0.4) is 0 Å². The molecule has 34 heavy (non-hydrogen) atoms. The molecule has 1 aromatic rings. The van der Waals surface area contributed by atoms with Crippen molar-refractivity contribution in [3.05, 3.63) is 29.8 Å². The normalized spacial score (nSPS) is 9.53. The summed E-state index contributed by atoms with van der Waals surface area (Å²) >= 11 is 1.12. The molecule has 11 heteroatoms. The molecule has 0 aliphatic heterocycles. The fraction of sp³-hybridized carbons (Fsp3) is 0.435. The first-order valence-corrected chi connectivity index (χ1v) is 11.4. The van der Waals surface area contributed by atoms with Gasteiger partial charge in [0.15, 0.2) is 6.61 Å². The highest BCUT2D eigenvalue weighted by molar-refractivity contribution is 8.00. The standard InChI is InChI=1S/C23H24N6O4S/c24-9-3-13-28(14-4-10-25)21(30)17-33-23(32)19-7-1-2-8-20(19)34-18-22(31)29(15-5-11-26)16-6-12-27/h1-2,7-8H,3-6,13-18H2. The summed E-state index contributed by atoms with van der Waals surface area (Å²) in [5.41, 5.74) is 0.189. The number of nitrogens with zero attached hydrogens (tertiary/aromatic N) is 6. The van der Waals surface area contributed by atoms with Crippen molar-refractivity contribution >= 4 is 29.5 Å². The van der Waals surface area contributed by atoms with Gasteiger partial charge >= 0.3 is 5.97 Å². The zero-order valence-electron chi connectivity index (χ0n) is 18.6. The second kappa shape index (κ2) is 16.6. The molecule has 0 saturated heterocycles. The Labute approximate surface area is 202 Å². The quantitative estimate of drug-likeness (QED) is 0.287. The molecule has 0 radical (unpaired) electrons. The maximum Gasteiger partial charge on any atom is 0.339 e. The average Bonchev–Trinajstić information content (AvgIpc) is 2.86. The zero-order valence-corrected chi connectivity index (χ0v) is 19.4. The minimum Gasteiger partial charge on any atom is -0.452 e. The van der Waals surface area contributed by atoms with E-state index < -0.39 is 18.5 Å². The van der Waals surface area contributed by atoms with Crippen LogP contribution >= 0.6 is 11.8 Å². The lowest BCUT2D eigenvalue weighted by Crippen LogP contribution is -2.36. The maximum absolute atomic E-state index is 12.6. The molecule has 0 fully saturated rings. The Morgan fingerprint density at radius 1 is 0.765 bits per heavy atom. The van der Waals surface area contributed by atoms with Gasteiger partial charge in [0.05, 0.1) is 61.3 Å². The molecule has 0 aliphatic carbocycles.